The molecule has 0 fully saturated rings. The molecule has 2 amide bonds. The normalized spacial score (nSPS) is 10.3. The zero-order valence-corrected chi connectivity index (χ0v) is 19.3. The number of hydrogen-bond acceptors (Lipinski definition) is 7. The highest BCUT2D eigenvalue weighted by Crippen LogP contribution is 2.28. The van der Waals surface area contributed by atoms with E-state index in [-0.39, 0.29) is 13.0 Å². The Morgan fingerprint density at radius 2 is 1.74 bits per heavy atom. The van der Waals surface area contributed by atoms with Crippen molar-refractivity contribution in [2.75, 3.05) is 19.5 Å². The van der Waals surface area contributed by atoms with Gasteiger partial charge in [-0.25, -0.2) is 5.43 Å². The molecule has 0 aliphatic carbocycles. The van der Waals surface area contributed by atoms with Gasteiger partial charge in [-0.05, 0) is 54.1 Å². The van der Waals surface area contributed by atoms with Crippen LogP contribution in [0.2, 0.25) is 0 Å². The lowest BCUT2D eigenvalue weighted by atomic mass is 10.1. The summed E-state index contributed by atoms with van der Waals surface area (Å²) in [7, 11) is 3.06. The Kier molecular flexibility index (Phi) is 8.79. The van der Waals surface area contributed by atoms with Crippen LogP contribution >= 0.6 is 0 Å². The lowest BCUT2D eigenvalue weighted by Gasteiger charge is -2.12. The molecule has 0 saturated heterocycles. The fourth-order valence-electron chi connectivity index (χ4n) is 3.04. The van der Waals surface area contributed by atoms with Crippen LogP contribution in [0.4, 0.5) is 5.69 Å². The minimum Gasteiger partial charge on any atom is -0.497 e. The molecule has 0 saturated carbocycles. The van der Waals surface area contributed by atoms with Gasteiger partial charge in [0.15, 0.2) is 11.5 Å². The Balaban J connectivity index is 1.52. The number of hydrogen-bond donors (Lipinski definition) is 2. The number of hydrazone groups is 1. The van der Waals surface area contributed by atoms with E-state index in [0.717, 1.165) is 5.56 Å². The first-order valence-electron chi connectivity index (χ1n) is 10.6. The Bertz CT molecular complexity index is 1250. The van der Waals surface area contributed by atoms with Gasteiger partial charge in [-0.1, -0.05) is 18.2 Å². The molecule has 9 nitrogen and oxygen atoms in total. The van der Waals surface area contributed by atoms with Gasteiger partial charge in [0.2, 0.25) is 11.8 Å². The van der Waals surface area contributed by atoms with E-state index >= 15 is 0 Å². The number of nitriles is 1. The average molecular weight is 473 g/mol. The first kappa shape index (κ1) is 24.8. The van der Waals surface area contributed by atoms with E-state index in [2.05, 4.69) is 21.9 Å². The predicted molar refractivity (Wildman–Crippen MR) is 130 cm³/mol. The number of rotatable bonds is 10. The number of benzene rings is 3. The molecule has 0 radical (unpaired) electrons. The lowest BCUT2D eigenvalue weighted by Crippen LogP contribution is -2.24. The Morgan fingerprint density at radius 1 is 0.971 bits per heavy atom. The van der Waals surface area contributed by atoms with E-state index in [4.69, 9.17) is 14.2 Å². The first-order chi connectivity index (χ1) is 17.0. The highest BCUT2D eigenvalue weighted by Gasteiger charge is 2.10. The molecule has 35 heavy (non-hydrogen) atoms. The fraction of sp³-hybridized carbons (Fsp3) is 0.154. The van der Waals surface area contributed by atoms with Crippen LogP contribution in [0.15, 0.2) is 71.8 Å². The van der Waals surface area contributed by atoms with Crippen LogP contribution in [0.1, 0.15) is 23.1 Å². The van der Waals surface area contributed by atoms with Gasteiger partial charge in [-0.2, -0.15) is 10.4 Å². The summed E-state index contributed by atoms with van der Waals surface area (Å²) in [5.41, 5.74) is 4.84. The van der Waals surface area contributed by atoms with Crippen LogP contribution in [-0.4, -0.2) is 32.2 Å². The SMILES string of the molecule is COc1ccc(NC(=O)CC(=O)NN=Cc2ccc(OCc3ccccc3C#N)c(OC)c2)cc1. The van der Waals surface area contributed by atoms with Gasteiger partial charge >= 0.3 is 0 Å². The van der Waals surface area contributed by atoms with E-state index < -0.39 is 11.8 Å². The van der Waals surface area contributed by atoms with Gasteiger partial charge in [0.1, 0.15) is 18.8 Å². The third-order valence-electron chi connectivity index (χ3n) is 4.81. The summed E-state index contributed by atoms with van der Waals surface area (Å²) < 4.78 is 16.3. The topological polar surface area (TPSA) is 122 Å². The molecule has 0 atom stereocenters. The molecular weight excluding hydrogens is 448 g/mol. The van der Waals surface area contributed by atoms with Gasteiger partial charge in [0.25, 0.3) is 0 Å². The minimum absolute atomic E-state index is 0.210. The Labute approximate surface area is 202 Å². The second-order valence-electron chi connectivity index (χ2n) is 7.21. The number of methoxy groups -OCH3 is 2. The molecule has 9 heteroatoms. The predicted octanol–water partition coefficient (Wildman–Crippen LogP) is 3.63. The summed E-state index contributed by atoms with van der Waals surface area (Å²) in [6.07, 6.45) is 1.04. The van der Waals surface area contributed by atoms with Crippen LogP contribution in [0.25, 0.3) is 0 Å². The number of ether oxygens (including phenoxy) is 3. The first-order valence-corrected chi connectivity index (χ1v) is 10.6. The van der Waals surface area contributed by atoms with Crippen molar-refractivity contribution in [2.24, 2.45) is 5.10 Å². The molecule has 0 unspecified atom stereocenters. The van der Waals surface area contributed by atoms with Crippen LogP contribution in [0, 0.1) is 11.3 Å². The molecule has 178 valence electrons. The van der Waals surface area contributed by atoms with Gasteiger partial charge in [-0.15, -0.1) is 0 Å². The maximum Gasteiger partial charge on any atom is 0.249 e. The smallest absolute Gasteiger partial charge is 0.249 e. The summed E-state index contributed by atoms with van der Waals surface area (Å²) in [4.78, 5) is 24.0. The summed E-state index contributed by atoms with van der Waals surface area (Å²) in [5, 5.41) is 15.7. The lowest BCUT2D eigenvalue weighted by molar-refractivity contribution is -0.126. The highest BCUT2D eigenvalue weighted by molar-refractivity contribution is 6.03. The molecule has 0 heterocycles. The highest BCUT2D eigenvalue weighted by atomic mass is 16.5. The molecule has 0 bridgehead atoms. The fourth-order valence-corrected chi connectivity index (χ4v) is 3.04. The summed E-state index contributed by atoms with van der Waals surface area (Å²) in [5.74, 6) is 0.597. The number of anilines is 1. The van der Waals surface area contributed by atoms with Crippen molar-refractivity contribution in [1.29, 1.82) is 5.26 Å². The van der Waals surface area contributed by atoms with Gasteiger partial charge in [0, 0.05) is 11.3 Å². The molecule has 0 aliphatic rings. The molecule has 3 rings (SSSR count). The standard InChI is InChI=1S/C26H24N4O5/c1-33-22-10-8-21(9-11-22)29-25(31)14-26(32)30-28-16-18-7-12-23(24(13-18)34-2)35-17-20-6-4-3-5-19(20)15-27/h3-13,16H,14,17H2,1-2H3,(H,29,31)(H,30,32). The quantitative estimate of drug-likeness (QED) is 0.264. The van der Waals surface area contributed by atoms with E-state index in [1.165, 1.54) is 13.3 Å². The largest absolute Gasteiger partial charge is 0.497 e. The van der Waals surface area contributed by atoms with E-state index in [1.807, 2.05) is 12.1 Å². The van der Waals surface area contributed by atoms with Gasteiger partial charge in [-0.3, -0.25) is 9.59 Å². The maximum absolute atomic E-state index is 12.0. The maximum atomic E-state index is 12.0. The summed E-state index contributed by atoms with van der Waals surface area (Å²) in [6.45, 7) is 0.210. The second-order valence-corrected chi connectivity index (χ2v) is 7.21. The monoisotopic (exact) mass is 472 g/mol. The van der Waals surface area contributed by atoms with Crippen molar-refractivity contribution in [3.63, 3.8) is 0 Å². The second kappa shape index (κ2) is 12.4. The van der Waals surface area contributed by atoms with Crippen molar-refractivity contribution in [1.82, 2.24) is 5.43 Å². The molecule has 0 aromatic heterocycles. The van der Waals surface area contributed by atoms with E-state index in [1.54, 1.807) is 61.7 Å². The number of carbonyl (C=O) groups is 2. The zero-order valence-electron chi connectivity index (χ0n) is 19.3. The van der Waals surface area contributed by atoms with E-state index in [0.29, 0.717) is 34.1 Å². The summed E-state index contributed by atoms with van der Waals surface area (Å²) >= 11 is 0. The number of carbonyl (C=O) groups excluding carboxylic acids is 2. The molecule has 0 aliphatic heterocycles. The summed E-state index contributed by atoms with van der Waals surface area (Å²) in [6, 6.07) is 21.2. The minimum atomic E-state index is -0.560. The third kappa shape index (κ3) is 7.33. The van der Waals surface area contributed by atoms with Crippen LogP contribution in [0.3, 0.4) is 0 Å². The van der Waals surface area contributed by atoms with E-state index in [9.17, 15) is 14.9 Å². The number of nitrogens with zero attached hydrogens (tertiary/aromatic N) is 2. The number of nitrogens with one attached hydrogen (secondary N) is 2. The Morgan fingerprint density at radius 3 is 2.46 bits per heavy atom. The molecule has 0 spiro atoms. The third-order valence-corrected chi connectivity index (χ3v) is 4.81. The molecular formula is C26H24N4O5. The van der Waals surface area contributed by atoms with Crippen molar-refractivity contribution >= 4 is 23.7 Å². The van der Waals surface area contributed by atoms with Crippen molar-refractivity contribution in [3.8, 4) is 23.3 Å². The Hall–Kier alpha value is -4.84. The van der Waals surface area contributed by atoms with Crippen LogP contribution < -0.4 is 25.0 Å². The molecule has 3 aromatic carbocycles. The van der Waals surface area contributed by atoms with Crippen LogP contribution in [-0.2, 0) is 16.2 Å². The van der Waals surface area contributed by atoms with Crippen LogP contribution in [0.5, 0.6) is 17.2 Å². The van der Waals surface area contributed by atoms with Crippen molar-refractivity contribution in [3.05, 3.63) is 83.4 Å². The molecule has 3 aromatic rings. The zero-order chi connectivity index (χ0) is 25.0. The van der Waals surface area contributed by atoms with Crippen molar-refractivity contribution in [2.45, 2.75) is 13.0 Å². The number of amides is 2. The molecule has 2 N–H and O–H groups in total. The van der Waals surface area contributed by atoms with Gasteiger partial charge < -0.3 is 19.5 Å². The van der Waals surface area contributed by atoms with Crippen molar-refractivity contribution < 1.29 is 23.8 Å². The average Bonchev–Trinajstić information content (AvgIpc) is 2.88. The van der Waals surface area contributed by atoms with Gasteiger partial charge in [0.05, 0.1) is 32.1 Å².